The van der Waals surface area contributed by atoms with Gasteiger partial charge in [-0.1, -0.05) is 18.2 Å². The van der Waals surface area contributed by atoms with Crippen LogP contribution in [0.25, 0.3) is 0 Å². The molecule has 0 bridgehead atoms. The maximum absolute atomic E-state index is 12.2. The molecule has 3 amide bonds. The molecule has 1 aliphatic rings. The van der Waals surface area contributed by atoms with E-state index < -0.39 is 36.2 Å². The predicted molar refractivity (Wildman–Crippen MR) is 106 cm³/mol. The molecule has 1 saturated heterocycles. The van der Waals surface area contributed by atoms with Crippen molar-refractivity contribution in [1.29, 1.82) is 0 Å². The Hall–Kier alpha value is -3.88. The largest absolute Gasteiger partial charge is 0.497 e. The van der Waals surface area contributed by atoms with Crippen LogP contribution in [-0.2, 0) is 19.1 Å². The van der Waals surface area contributed by atoms with Crippen molar-refractivity contribution in [3.05, 3.63) is 60.2 Å². The summed E-state index contributed by atoms with van der Waals surface area (Å²) in [6.45, 7) is -0.498. The van der Waals surface area contributed by atoms with E-state index in [0.717, 1.165) is 5.01 Å². The summed E-state index contributed by atoms with van der Waals surface area (Å²) in [5.41, 5.74) is 3.41. The minimum atomic E-state index is -0.762. The van der Waals surface area contributed by atoms with E-state index >= 15 is 0 Å². The summed E-state index contributed by atoms with van der Waals surface area (Å²) in [6, 6.07) is 15.1. The Morgan fingerprint density at radius 1 is 1.07 bits per heavy atom. The zero-order chi connectivity index (χ0) is 21.5. The summed E-state index contributed by atoms with van der Waals surface area (Å²) >= 11 is 0. The van der Waals surface area contributed by atoms with Crippen molar-refractivity contribution < 1.29 is 28.7 Å². The zero-order valence-corrected chi connectivity index (χ0v) is 16.3. The second kappa shape index (κ2) is 9.55. The van der Waals surface area contributed by atoms with Gasteiger partial charge >= 0.3 is 5.97 Å². The van der Waals surface area contributed by atoms with Crippen molar-refractivity contribution in [2.45, 2.75) is 6.42 Å². The highest BCUT2D eigenvalue weighted by atomic mass is 16.5. The van der Waals surface area contributed by atoms with E-state index in [9.17, 15) is 19.2 Å². The summed E-state index contributed by atoms with van der Waals surface area (Å²) in [5.74, 6) is -2.14. The van der Waals surface area contributed by atoms with E-state index in [0.29, 0.717) is 17.0 Å². The number of nitrogens with zero attached hydrogens (tertiary/aromatic N) is 1. The van der Waals surface area contributed by atoms with Crippen LogP contribution in [0.3, 0.4) is 0 Å². The number of carbonyl (C=O) groups excluding carboxylic acids is 4. The van der Waals surface area contributed by atoms with Gasteiger partial charge in [0.15, 0.2) is 6.61 Å². The summed E-state index contributed by atoms with van der Waals surface area (Å²) in [7, 11) is 1.54. The molecule has 0 saturated carbocycles. The zero-order valence-electron chi connectivity index (χ0n) is 16.3. The van der Waals surface area contributed by atoms with Crippen molar-refractivity contribution in [3.8, 4) is 5.75 Å². The van der Waals surface area contributed by atoms with E-state index in [2.05, 4.69) is 10.7 Å². The van der Waals surface area contributed by atoms with Crippen molar-refractivity contribution in [2.24, 2.45) is 5.92 Å². The Morgan fingerprint density at radius 3 is 2.43 bits per heavy atom. The Kier molecular flexibility index (Phi) is 6.63. The Morgan fingerprint density at radius 2 is 1.77 bits per heavy atom. The first kappa shape index (κ1) is 20.8. The summed E-state index contributed by atoms with van der Waals surface area (Å²) in [4.78, 5) is 48.5. The number of benzene rings is 2. The van der Waals surface area contributed by atoms with E-state index in [1.165, 1.54) is 7.11 Å². The van der Waals surface area contributed by atoms with Gasteiger partial charge in [-0.2, -0.15) is 0 Å². The summed E-state index contributed by atoms with van der Waals surface area (Å²) in [6.07, 6.45) is -0.103. The number of hydrogen-bond acceptors (Lipinski definition) is 6. The van der Waals surface area contributed by atoms with E-state index in [-0.39, 0.29) is 13.0 Å². The molecule has 1 atom stereocenters. The molecule has 0 unspecified atom stereocenters. The molecule has 2 N–H and O–H groups in total. The fraction of sp³-hybridized carbons (Fsp3) is 0.238. The Bertz CT molecular complexity index is 930. The fourth-order valence-corrected chi connectivity index (χ4v) is 2.88. The molecule has 0 aliphatic carbocycles. The number of ether oxygens (including phenoxy) is 2. The molecule has 0 radical (unpaired) electrons. The van der Waals surface area contributed by atoms with Crippen LogP contribution >= 0.6 is 0 Å². The lowest BCUT2D eigenvalue weighted by Gasteiger charge is -2.17. The predicted octanol–water partition coefficient (Wildman–Crippen LogP) is 1.37. The molecule has 9 nitrogen and oxygen atoms in total. The van der Waals surface area contributed by atoms with Crippen molar-refractivity contribution in [2.75, 3.05) is 25.6 Å². The number of amides is 3. The number of anilines is 1. The van der Waals surface area contributed by atoms with Crippen LogP contribution in [-0.4, -0.2) is 49.0 Å². The molecule has 3 rings (SSSR count). The lowest BCUT2D eigenvalue weighted by Crippen LogP contribution is -2.43. The average Bonchev–Trinajstić information content (AvgIpc) is 3.13. The molecule has 0 spiro atoms. The molecule has 156 valence electrons. The monoisotopic (exact) mass is 411 g/mol. The number of carbonyl (C=O) groups is 4. The van der Waals surface area contributed by atoms with Gasteiger partial charge in [0.1, 0.15) is 5.75 Å². The SMILES string of the molecule is COc1ccc(NC(=O)COC(=O)[C@H]2CC(=O)N(NC(=O)c3ccccc3)C2)cc1. The van der Waals surface area contributed by atoms with E-state index in [1.807, 2.05) is 0 Å². The molecule has 2 aromatic rings. The van der Waals surface area contributed by atoms with E-state index in [1.54, 1.807) is 54.6 Å². The lowest BCUT2D eigenvalue weighted by atomic mass is 10.1. The lowest BCUT2D eigenvalue weighted by molar-refractivity contribution is -0.151. The van der Waals surface area contributed by atoms with Crippen LogP contribution in [0, 0.1) is 5.92 Å². The number of nitrogens with one attached hydrogen (secondary N) is 2. The molecule has 2 aromatic carbocycles. The number of esters is 1. The van der Waals surface area contributed by atoms with Crippen molar-refractivity contribution in [1.82, 2.24) is 10.4 Å². The molecule has 30 heavy (non-hydrogen) atoms. The molecule has 1 aliphatic heterocycles. The van der Waals surface area contributed by atoms with Crippen LogP contribution < -0.4 is 15.5 Å². The van der Waals surface area contributed by atoms with Crippen LogP contribution in [0.5, 0.6) is 5.75 Å². The third-order valence-electron chi connectivity index (χ3n) is 4.45. The highest BCUT2D eigenvalue weighted by Gasteiger charge is 2.36. The van der Waals surface area contributed by atoms with Crippen LogP contribution in [0.4, 0.5) is 5.69 Å². The molecule has 9 heteroatoms. The average molecular weight is 411 g/mol. The first-order valence-corrected chi connectivity index (χ1v) is 9.23. The van der Waals surface area contributed by atoms with Gasteiger partial charge in [-0.05, 0) is 36.4 Å². The van der Waals surface area contributed by atoms with Gasteiger partial charge in [-0.25, -0.2) is 0 Å². The van der Waals surface area contributed by atoms with Crippen molar-refractivity contribution in [3.63, 3.8) is 0 Å². The van der Waals surface area contributed by atoms with Crippen LogP contribution in [0.15, 0.2) is 54.6 Å². The van der Waals surface area contributed by atoms with Gasteiger partial charge in [0.25, 0.3) is 11.8 Å². The number of hydrazine groups is 1. The van der Waals surface area contributed by atoms with E-state index in [4.69, 9.17) is 9.47 Å². The molecule has 1 fully saturated rings. The molecule has 0 aromatic heterocycles. The van der Waals surface area contributed by atoms with Crippen LogP contribution in [0.1, 0.15) is 16.8 Å². The summed E-state index contributed by atoms with van der Waals surface area (Å²) < 4.78 is 10.1. The second-order valence-electron chi connectivity index (χ2n) is 6.60. The Labute approximate surface area is 172 Å². The maximum Gasteiger partial charge on any atom is 0.311 e. The highest BCUT2D eigenvalue weighted by molar-refractivity contribution is 5.97. The van der Waals surface area contributed by atoms with Gasteiger partial charge in [-0.3, -0.25) is 29.6 Å². The molecular formula is C21H21N3O6. The van der Waals surface area contributed by atoms with Gasteiger partial charge in [-0.15, -0.1) is 0 Å². The van der Waals surface area contributed by atoms with Gasteiger partial charge < -0.3 is 14.8 Å². The fourth-order valence-electron chi connectivity index (χ4n) is 2.88. The summed E-state index contributed by atoms with van der Waals surface area (Å²) in [5, 5.41) is 3.69. The Balaban J connectivity index is 1.45. The van der Waals surface area contributed by atoms with Gasteiger partial charge in [0.05, 0.1) is 19.6 Å². The van der Waals surface area contributed by atoms with Crippen molar-refractivity contribution >= 4 is 29.4 Å². The first-order chi connectivity index (χ1) is 14.5. The molecular weight excluding hydrogens is 390 g/mol. The topological polar surface area (TPSA) is 114 Å². The quantitative estimate of drug-likeness (QED) is 0.665. The first-order valence-electron chi connectivity index (χ1n) is 9.23. The number of methoxy groups -OCH3 is 1. The van der Waals surface area contributed by atoms with Gasteiger partial charge in [0.2, 0.25) is 5.91 Å². The normalized spacial score (nSPS) is 15.4. The highest BCUT2D eigenvalue weighted by Crippen LogP contribution is 2.18. The minimum absolute atomic E-state index is 0.0175. The maximum atomic E-state index is 12.2. The second-order valence-corrected chi connectivity index (χ2v) is 6.60. The van der Waals surface area contributed by atoms with Crippen LogP contribution in [0.2, 0.25) is 0 Å². The molecule has 1 heterocycles. The third kappa shape index (κ3) is 5.34. The minimum Gasteiger partial charge on any atom is -0.497 e. The third-order valence-corrected chi connectivity index (χ3v) is 4.45. The smallest absolute Gasteiger partial charge is 0.311 e. The standard InChI is InChI=1S/C21H21N3O6/c1-29-17-9-7-16(8-10-17)22-18(25)13-30-21(28)15-11-19(26)24(12-15)23-20(27)14-5-3-2-4-6-14/h2-10,15H,11-13H2,1H3,(H,22,25)(H,23,27)/t15-/m0/s1. The number of rotatable bonds is 7. The number of hydrogen-bond donors (Lipinski definition) is 2. The van der Waals surface area contributed by atoms with Gasteiger partial charge in [0, 0.05) is 17.7 Å².